The van der Waals surface area contributed by atoms with Crippen molar-refractivity contribution in [2.75, 3.05) is 11.1 Å². The highest BCUT2D eigenvalue weighted by Crippen LogP contribution is 2.32. The lowest BCUT2D eigenvalue weighted by atomic mass is 10.1. The second kappa shape index (κ2) is 5.41. The molecule has 0 saturated carbocycles. The number of hydrogen-bond acceptors (Lipinski definition) is 3. The van der Waals surface area contributed by atoms with Gasteiger partial charge in [0.05, 0.1) is 9.90 Å². The second-order valence-electron chi connectivity index (χ2n) is 4.16. The highest BCUT2D eigenvalue weighted by Gasteiger charge is 2.16. The number of carbonyl (C=O) groups is 1. The van der Waals surface area contributed by atoms with Crippen molar-refractivity contribution in [3.05, 3.63) is 43.6 Å². The van der Waals surface area contributed by atoms with E-state index in [9.17, 15) is 4.79 Å². The van der Waals surface area contributed by atoms with Crippen molar-refractivity contribution in [3.8, 4) is 0 Å². The molecule has 0 bridgehead atoms. The highest BCUT2D eigenvalue weighted by atomic mass is 35.5. The number of benzene rings is 1. The number of nitrogen functional groups attached to an aromatic ring is 1. The third-order valence-electron chi connectivity index (χ3n) is 2.86. The maximum atomic E-state index is 12.2. The van der Waals surface area contributed by atoms with Gasteiger partial charge in [-0.3, -0.25) is 4.79 Å². The lowest BCUT2D eigenvalue weighted by Gasteiger charge is -2.13. The van der Waals surface area contributed by atoms with Crippen LogP contribution in [0, 0.1) is 13.8 Å². The topological polar surface area (TPSA) is 55.1 Å². The van der Waals surface area contributed by atoms with Gasteiger partial charge in [-0.15, -0.1) is 11.3 Å². The first-order valence-electron chi connectivity index (χ1n) is 5.52. The maximum absolute atomic E-state index is 12.2. The molecule has 6 heteroatoms. The van der Waals surface area contributed by atoms with Gasteiger partial charge in [0, 0.05) is 11.4 Å². The van der Waals surface area contributed by atoms with E-state index < -0.39 is 0 Å². The van der Waals surface area contributed by atoms with Crippen molar-refractivity contribution in [3.63, 3.8) is 0 Å². The van der Waals surface area contributed by atoms with E-state index in [0.717, 1.165) is 22.5 Å². The molecule has 0 aliphatic heterocycles. The van der Waals surface area contributed by atoms with Crippen LogP contribution in [0.4, 0.5) is 11.4 Å². The average molecular weight is 315 g/mol. The Morgan fingerprint density at radius 1 is 1.32 bits per heavy atom. The molecule has 3 N–H and O–H groups in total. The summed E-state index contributed by atoms with van der Waals surface area (Å²) in [7, 11) is 0. The van der Waals surface area contributed by atoms with Crippen molar-refractivity contribution in [2.24, 2.45) is 0 Å². The first-order chi connectivity index (χ1) is 8.90. The Kier molecular flexibility index (Phi) is 4.04. The standard InChI is InChI=1S/C13H12Cl2N2OS/c1-6-3-4-9(16)7(2)11(6)17-13(18)8-5-10(14)19-12(8)15/h3-5H,16H2,1-2H3,(H,17,18). The molecule has 100 valence electrons. The second-order valence-corrected chi connectivity index (χ2v) is 6.45. The van der Waals surface area contributed by atoms with Gasteiger partial charge in [0.25, 0.3) is 5.91 Å². The predicted octanol–water partition coefficient (Wildman–Crippen LogP) is 4.51. The minimum absolute atomic E-state index is 0.287. The molecule has 19 heavy (non-hydrogen) atoms. The molecule has 0 radical (unpaired) electrons. The number of nitrogens with one attached hydrogen (secondary N) is 1. The van der Waals surface area contributed by atoms with Crippen LogP contribution in [0.1, 0.15) is 21.5 Å². The van der Waals surface area contributed by atoms with Crippen molar-refractivity contribution in [1.82, 2.24) is 0 Å². The molecular weight excluding hydrogens is 303 g/mol. The highest BCUT2D eigenvalue weighted by molar-refractivity contribution is 7.20. The van der Waals surface area contributed by atoms with Crippen LogP contribution in [0.2, 0.25) is 8.67 Å². The molecule has 2 aromatic rings. The van der Waals surface area contributed by atoms with Crippen LogP contribution < -0.4 is 11.1 Å². The van der Waals surface area contributed by atoms with E-state index in [1.54, 1.807) is 6.07 Å². The Hall–Kier alpha value is -1.23. The number of rotatable bonds is 2. The van der Waals surface area contributed by atoms with E-state index in [-0.39, 0.29) is 5.91 Å². The summed E-state index contributed by atoms with van der Waals surface area (Å²) in [4.78, 5) is 12.2. The van der Waals surface area contributed by atoms with Gasteiger partial charge in [-0.05, 0) is 37.1 Å². The number of carbonyl (C=O) groups excluding carboxylic acids is 1. The van der Waals surface area contributed by atoms with Crippen molar-refractivity contribution >= 4 is 51.8 Å². The van der Waals surface area contributed by atoms with Crippen LogP contribution in [0.25, 0.3) is 0 Å². The quantitative estimate of drug-likeness (QED) is 0.801. The smallest absolute Gasteiger partial charge is 0.258 e. The van der Waals surface area contributed by atoms with E-state index in [1.165, 1.54) is 0 Å². The Labute approximate surface area is 125 Å². The van der Waals surface area contributed by atoms with Gasteiger partial charge in [-0.1, -0.05) is 29.3 Å². The molecule has 0 aliphatic carbocycles. The molecule has 0 saturated heterocycles. The molecule has 1 heterocycles. The van der Waals surface area contributed by atoms with Gasteiger partial charge in [0.15, 0.2) is 0 Å². The largest absolute Gasteiger partial charge is 0.398 e. The molecule has 0 spiro atoms. The molecule has 2 rings (SSSR count). The number of anilines is 2. The van der Waals surface area contributed by atoms with Gasteiger partial charge in [0.1, 0.15) is 4.34 Å². The summed E-state index contributed by atoms with van der Waals surface area (Å²) >= 11 is 13.0. The molecule has 0 atom stereocenters. The minimum atomic E-state index is -0.287. The van der Waals surface area contributed by atoms with Gasteiger partial charge >= 0.3 is 0 Å². The van der Waals surface area contributed by atoms with E-state index in [1.807, 2.05) is 26.0 Å². The van der Waals surface area contributed by atoms with Gasteiger partial charge in [0.2, 0.25) is 0 Å². The van der Waals surface area contributed by atoms with Crippen molar-refractivity contribution in [1.29, 1.82) is 0 Å². The van der Waals surface area contributed by atoms with Crippen LogP contribution in [0.15, 0.2) is 18.2 Å². The molecule has 0 fully saturated rings. The maximum Gasteiger partial charge on any atom is 0.258 e. The molecule has 3 nitrogen and oxygen atoms in total. The number of hydrogen-bond donors (Lipinski definition) is 2. The number of thiophene rings is 1. The van der Waals surface area contributed by atoms with Crippen LogP contribution in [-0.4, -0.2) is 5.91 Å². The first kappa shape index (κ1) is 14.2. The van der Waals surface area contributed by atoms with Crippen LogP contribution in [-0.2, 0) is 0 Å². The molecular formula is C13H12Cl2N2OS. The summed E-state index contributed by atoms with van der Waals surface area (Å²) < 4.78 is 0.859. The summed E-state index contributed by atoms with van der Waals surface area (Å²) in [5, 5.41) is 2.83. The fraction of sp³-hybridized carbons (Fsp3) is 0.154. The lowest BCUT2D eigenvalue weighted by Crippen LogP contribution is -2.14. The summed E-state index contributed by atoms with van der Waals surface area (Å²) in [6.07, 6.45) is 0. The number of amides is 1. The zero-order valence-electron chi connectivity index (χ0n) is 10.4. The van der Waals surface area contributed by atoms with Gasteiger partial charge in [-0.2, -0.15) is 0 Å². The summed E-state index contributed by atoms with van der Waals surface area (Å²) in [6.45, 7) is 3.77. The molecule has 0 aliphatic rings. The molecule has 1 amide bonds. The zero-order chi connectivity index (χ0) is 14.2. The fourth-order valence-electron chi connectivity index (χ4n) is 1.73. The Morgan fingerprint density at radius 3 is 2.58 bits per heavy atom. The van der Waals surface area contributed by atoms with Gasteiger partial charge in [-0.25, -0.2) is 0 Å². The molecule has 1 aromatic heterocycles. The fourth-order valence-corrected chi connectivity index (χ4v) is 3.19. The SMILES string of the molecule is Cc1ccc(N)c(C)c1NC(=O)c1cc(Cl)sc1Cl. The predicted molar refractivity (Wildman–Crippen MR) is 82.6 cm³/mol. The summed E-state index contributed by atoms with van der Waals surface area (Å²) in [6, 6.07) is 5.23. The van der Waals surface area contributed by atoms with Crippen molar-refractivity contribution < 1.29 is 4.79 Å². The summed E-state index contributed by atoms with van der Waals surface area (Å²) in [5.74, 6) is -0.287. The van der Waals surface area contributed by atoms with Crippen molar-refractivity contribution in [2.45, 2.75) is 13.8 Å². The number of halogens is 2. The monoisotopic (exact) mass is 314 g/mol. The molecule has 1 aromatic carbocycles. The Bertz CT molecular complexity index is 652. The third-order valence-corrected chi connectivity index (χ3v) is 4.34. The zero-order valence-corrected chi connectivity index (χ0v) is 12.7. The van der Waals surface area contributed by atoms with E-state index >= 15 is 0 Å². The van der Waals surface area contributed by atoms with Crippen LogP contribution in [0.3, 0.4) is 0 Å². The number of nitrogens with two attached hydrogens (primary N) is 1. The lowest BCUT2D eigenvalue weighted by molar-refractivity contribution is 0.102. The third kappa shape index (κ3) is 2.86. The molecule has 0 unspecified atom stereocenters. The Balaban J connectivity index is 2.34. The van der Waals surface area contributed by atoms with E-state index in [4.69, 9.17) is 28.9 Å². The minimum Gasteiger partial charge on any atom is -0.398 e. The first-order valence-corrected chi connectivity index (χ1v) is 7.09. The van der Waals surface area contributed by atoms with E-state index in [2.05, 4.69) is 5.32 Å². The van der Waals surface area contributed by atoms with E-state index in [0.29, 0.717) is 25.6 Å². The number of aryl methyl sites for hydroxylation is 1. The van der Waals surface area contributed by atoms with Crippen LogP contribution in [0.5, 0.6) is 0 Å². The Morgan fingerprint density at radius 2 is 2.00 bits per heavy atom. The van der Waals surface area contributed by atoms with Crippen LogP contribution >= 0.6 is 34.5 Å². The average Bonchev–Trinajstić information content (AvgIpc) is 2.69. The normalized spacial score (nSPS) is 10.5. The summed E-state index contributed by atoms with van der Waals surface area (Å²) in [5.41, 5.74) is 9.34. The van der Waals surface area contributed by atoms with Gasteiger partial charge < -0.3 is 11.1 Å².